The Hall–Kier alpha value is -2.43. The van der Waals surface area contributed by atoms with Crippen LogP contribution in [-0.2, 0) is 0 Å². The highest BCUT2D eigenvalue weighted by Crippen LogP contribution is 2.21. The predicted octanol–water partition coefficient (Wildman–Crippen LogP) is 2.14. The second kappa shape index (κ2) is 3.55. The molecule has 17 heavy (non-hydrogen) atoms. The van der Waals surface area contributed by atoms with Gasteiger partial charge < -0.3 is 5.73 Å². The van der Waals surface area contributed by atoms with Crippen LogP contribution in [0, 0.1) is 5.82 Å². The summed E-state index contributed by atoms with van der Waals surface area (Å²) >= 11 is 0. The van der Waals surface area contributed by atoms with Crippen molar-refractivity contribution in [1.82, 2.24) is 14.8 Å². The molecule has 0 aliphatic heterocycles. The molecule has 0 unspecified atom stereocenters. The summed E-state index contributed by atoms with van der Waals surface area (Å²) in [4.78, 5) is 4.03. The van der Waals surface area contributed by atoms with Gasteiger partial charge in [-0.05, 0) is 24.3 Å². The largest absolute Gasteiger partial charge is 0.397 e. The van der Waals surface area contributed by atoms with Gasteiger partial charge in [0.15, 0.2) is 0 Å². The lowest BCUT2D eigenvalue weighted by molar-refractivity contribution is 0.627. The van der Waals surface area contributed by atoms with Gasteiger partial charge in [0, 0.05) is 5.39 Å². The number of hydrogen-bond donors (Lipinski definition) is 1. The molecule has 1 aromatic carbocycles. The number of aromatic nitrogens is 3. The lowest BCUT2D eigenvalue weighted by atomic mass is 10.3. The van der Waals surface area contributed by atoms with E-state index in [0.717, 1.165) is 16.6 Å². The molecule has 2 heterocycles. The minimum absolute atomic E-state index is 0.275. The van der Waals surface area contributed by atoms with Crippen molar-refractivity contribution < 1.29 is 4.39 Å². The van der Waals surface area contributed by atoms with Gasteiger partial charge >= 0.3 is 0 Å². The summed E-state index contributed by atoms with van der Waals surface area (Å²) in [6, 6.07) is 6.10. The number of benzene rings is 1. The van der Waals surface area contributed by atoms with Crippen LogP contribution in [0.1, 0.15) is 0 Å². The van der Waals surface area contributed by atoms with Crippen LogP contribution >= 0.6 is 0 Å². The number of halogens is 1. The van der Waals surface area contributed by atoms with E-state index in [1.54, 1.807) is 35.4 Å². The van der Waals surface area contributed by atoms with Crippen LogP contribution in [0.3, 0.4) is 0 Å². The first-order valence-corrected chi connectivity index (χ1v) is 5.09. The van der Waals surface area contributed by atoms with Gasteiger partial charge in [0.2, 0.25) is 0 Å². The second-order valence-electron chi connectivity index (χ2n) is 3.69. The Bertz CT molecular complexity index is 673. The summed E-state index contributed by atoms with van der Waals surface area (Å²) in [6.07, 6.45) is 4.94. The fourth-order valence-electron chi connectivity index (χ4n) is 1.75. The average molecular weight is 228 g/mol. The molecule has 0 aliphatic carbocycles. The van der Waals surface area contributed by atoms with Crippen LogP contribution in [0.15, 0.2) is 42.9 Å². The minimum atomic E-state index is -0.275. The van der Waals surface area contributed by atoms with Crippen LogP contribution < -0.4 is 5.73 Å². The molecule has 0 atom stereocenters. The van der Waals surface area contributed by atoms with E-state index in [1.807, 2.05) is 0 Å². The normalized spacial score (nSPS) is 10.9. The van der Waals surface area contributed by atoms with Crippen molar-refractivity contribution in [3.05, 3.63) is 48.7 Å². The maximum Gasteiger partial charge on any atom is 0.123 e. The molecule has 0 saturated heterocycles. The van der Waals surface area contributed by atoms with Crippen molar-refractivity contribution in [3.8, 4) is 5.69 Å². The van der Waals surface area contributed by atoms with E-state index >= 15 is 0 Å². The zero-order valence-electron chi connectivity index (χ0n) is 8.84. The molecule has 0 radical (unpaired) electrons. The number of rotatable bonds is 1. The summed E-state index contributed by atoms with van der Waals surface area (Å²) < 4.78 is 14.5. The van der Waals surface area contributed by atoms with Crippen molar-refractivity contribution in [3.63, 3.8) is 0 Å². The van der Waals surface area contributed by atoms with Crippen molar-refractivity contribution in [2.24, 2.45) is 0 Å². The van der Waals surface area contributed by atoms with Gasteiger partial charge in [-0.25, -0.2) is 9.07 Å². The lowest BCUT2D eigenvalue weighted by Gasteiger charge is -2.03. The van der Waals surface area contributed by atoms with Crippen molar-refractivity contribution >= 4 is 16.6 Å². The highest BCUT2D eigenvalue weighted by molar-refractivity contribution is 5.89. The van der Waals surface area contributed by atoms with Crippen molar-refractivity contribution in [2.45, 2.75) is 0 Å². The first kappa shape index (κ1) is 9.77. The standard InChI is InChI=1S/C12H9FN4/c13-8-1-3-9(4-2-8)17-12-7-15-6-11(14)10(12)5-16-17/h1-7H,14H2. The predicted molar refractivity (Wildman–Crippen MR) is 63.2 cm³/mol. The molecule has 5 heteroatoms. The SMILES string of the molecule is Nc1cncc2c1cnn2-c1ccc(F)cc1. The molecule has 0 aliphatic rings. The van der Waals surface area contributed by atoms with Crippen LogP contribution in [-0.4, -0.2) is 14.8 Å². The molecule has 0 spiro atoms. The average Bonchev–Trinajstić information content (AvgIpc) is 2.75. The minimum Gasteiger partial charge on any atom is -0.397 e. The van der Waals surface area contributed by atoms with E-state index in [0.29, 0.717) is 5.69 Å². The Balaban J connectivity index is 2.24. The third-order valence-electron chi connectivity index (χ3n) is 2.60. The molecule has 3 rings (SSSR count). The summed E-state index contributed by atoms with van der Waals surface area (Å²) in [6.45, 7) is 0. The van der Waals surface area contributed by atoms with E-state index < -0.39 is 0 Å². The highest BCUT2D eigenvalue weighted by atomic mass is 19.1. The number of nitrogens with zero attached hydrogens (tertiary/aromatic N) is 3. The van der Waals surface area contributed by atoms with E-state index in [4.69, 9.17) is 5.73 Å². The van der Waals surface area contributed by atoms with Crippen LogP contribution in [0.2, 0.25) is 0 Å². The number of hydrogen-bond acceptors (Lipinski definition) is 3. The summed E-state index contributed by atoms with van der Waals surface area (Å²) in [7, 11) is 0. The van der Waals surface area contributed by atoms with Gasteiger partial charge in [-0.1, -0.05) is 0 Å². The van der Waals surface area contributed by atoms with E-state index in [9.17, 15) is 4.39 Å². The van der Waals surface area contributed by atoms with Crippen LogP contribution in [0.25, 0.3) is 16.6 Å². The molecule has 3 aromatic rings. The number of nitrogen functional groups attached to an aromatic ring is 1. The van der Waals surface area contributed by atoms with Gasteiger partial charge in [-0.3, -0.25) is 4.98 Å². The maximum atomic E-state index is 12.8. The molecule has 0 fully saturated rings. The van der Waals surface area contributed by atoms with E-state index in [2.05, 4.69) is 10.1 Å². The Morgan fingerprint density at radius 3 is 2.59 bits per heavy atom. The fourth-order valence-corrected chi connectivity index (χ4v) is 1.75. The molecule has 2 aromatic heterocycles. The first-order valence-electron chi connectivity index (χ1n) is 5.09. The monoisotopic (exact) mass is 228 g/mol. The Labute approximate surface area is 96.5 Å². The fraction of sp³-hybridized carbons (Fsp3) is 0. The van der Waals surface area contributed by atoms with Gasteiger partial charge in [-0.15, -0.1) is 0 Å². The molecule has 0 bridgehead atoms. The molecular weight excluding hydrogens is 219 g/mol. The van der Waals surface area contributed by atoms with E-state index in [1.165, 1.54) is 12.1 Å². The number of fused-ring (bicyclic) bond motifs is 1. The smallest absolute Gasteiger partial charge is 0.123 e. The lowest BCUT2D eigenvalue weighted by Crippen LogP contribution is -1.96. The van der Waals surface area contributed by atoms with Crippen LogP contribution in [0.4, 0.5) is 10.1 Å². The van der Waals surface area contributed by atoms with Crippen molar-refractivity contribution in [2.75, 3.05) is 5.73 Å². The van der Waals surface area contributed by atoms with E-state index in [-0.39, 0.29) is 5.82 Å². The summed E-state index contributed by atoms with van der Waals surface area (Å²) in [5, 5.41) is 5.07. The van der Waals surface area contributed by atoms with Crippen molar-refractivity contribution in [1.29, 1.82) is 0 Å². The topological polar surface area (TPSA) is 56.7 Å². The Kier molecular flexibility index (Phi) is 2.04. The molecule has 0 saturated carbocycles. The molecule has 4 nitrogen and oxygen atoms in total. The van der Waals surface area contributed by atoms with Gasteiger partial charge in [0.1, 0.15) is 5.82 Å². The van der Waals surface area contributed by atoms with Crippen LogP contribution in [0.5, 0.6) is 0 Å². The number of pyridine rings is 1. The van der Waals surface area contributed by atoms with Gasteiger partial charge in [0.25, 0.3) is 0 Å². The summed E-state index contributed by atoms with van der Waals surface area (Å²) in [5.74, 6) is -0.275. The third kappa shape index (κ3) is 1.52. The molecule has 2 N–H and O–H groups in total. The van der Waals surface area contributed by atoms with Gasteiger partial charge in [-0.2, -0.15) is 5.10 Å². The summed E-state index contributed by atoms with van der Waals surface area (Å²) in [5.41, 5.74) is 7.95. The molecular formula is C12H9FN4. The number of nitrogens with two attached hydrogens (primary N) is 1. The zero-order valence-corrected chi connectivity index (χ0v) is 8.84. The quantitative estimate of drug-likeness (QED) is 0.694. The third-order valence-corrected chi connectivity index (χ3v) is 2.60. The zero-order chi connectivity index (χ0) is 11.8. The maximum absolute atomic E-state index is 12.8. The number of anilines is 1. The molecule has 0 amide bonds. The second-order valence-corrected chi connectivity index (χ2v) is 3.69. The first-order chi connectivity index (χ1) is 8.25. The molecule has 84 valence electrons. The highest BCUT2D eigenvalue weighted by Gasteiger charge is 2.07. The van der Waals surface area contributed by atoms with Gasteiger partial charge in [0.05, 0.1) is 35.5 Å². The Morgan fingerprint density at radius 1 is 1.06 bits per heavy atom. The Morgan fingerprint density at radius 2 is 1.82 bits per heavy atom.